The molecule has 1 aliphatic heterocycles. The molecule has 2 fully saturated rings. The van der Waals surface area contributed by atoms with Gasteiger partial charge in [0, 0.05) is 19.3 Å². The zero-order chi connectivity index (χ0) is 14.2. The summed E-state index contributed by atoms with van der Waals surface area (Å²) in [6.45, 7) is 2.41. The lowest BCUT2D eigenvalue weighted by molar-refractivity contribution is 0.168. The molecule has 2 N–H and O–H groups in total. The van der Waals surface area contributed by atoms with E-state index in [9.17, 15) is 0 Å². The first-order valence-corrected chi connectivity index (χ1v) is 8.04. The van der Waals surface area contributed by atoms with Crippen LogP contribution in [0.3, 0.4) is 0 Å². The van der Waals surface area contributed by atoms with Crippen LogP contribution in [0, 0.1) is 11.8 Å². The van der Waals surface area contributed by atoms with Crippen LogP contribution in [-0.2, 0) is 0 Å². The lowest BCUT2D eigenvalue weighted by Gasteiger charge is -2.43. The van der Waals surface area contributed by atoms with Gasteiger partial charge in [-0.25, -0.2) is 9.97 Å². The number of nitrogens with one attached hydrogen (secondary N) is 2. The van der Waals surface area contributed by atoms with E-state index in [1.54, 1.807) is 6.33 Å². The molecule has 3 heterocycles. The van der Waals surface area contributed by atoms with E-state index >= 15 is 0 Å². The van der Waals surface area contributed by atoms with Crippen LogP contribution >= 0.6 is 0 Å². The fourth-order valence-electron chi connectivity index (χ4n) is 4.16. The van der Waals surface area contributed by atoms with Crippen LogP contribution < -0.4 is 10.2 Å². The second-order valence-corrected chi connectivity index (χ2v) is 6.53. The molecular weight excluding hydrogens is 262 g/mol. The Labute approximate surface area is 125 Å². The molecule has 2 aromatic rings. The van der Waals surface area contributed by atoms with E-state index in [0.29, 0.717) is 6.04 Å². The van der Waals surface area contributed by atoms with Gasteiger partial charge in [0.15, 0.2) is 0 Å². The smallest absolute Gasteiger partial charge is 0.142 e. The minimum atomic E-state index is 0.609. The Bertz CT molecular complexity index is 622. The molecule has 0 amide bonds. The van der Waals surface area contributed by atoms with Gasteiger partial charge < -0.3 is 15.2 Å². The number of aromatic amines is 1. The minimum absolute atomic E-state index is 0.609. The predicted octanol–water partition coefficient (Wildman–Crippen LogP) is 2.17. The Balaban J connectivity index is 1.57. The average Bonchev–Trinajstić information content (AvgIpc) is 3.02. The Morgan fingerprint density at radius 3 is 3.10 bits per heavy atom. The van der Waals surface area contributed by atoms with Gasteiger partial charge in [0.25, 0.3) is 0 Å². The molecule has 5 heteroatoms. The summed E-state index contributed by atoms with van der Waals surface area (Å²) < 4.78 is 0. The van der Waals surface area contributed by atoms with Crippen molar-refractivity contribution in [1.82, 2.24) is 20.3 Å². The van der Waals surface area contributed by atoms with Crippen molar-refractivity contribution in [3.05, 3.63) is 18.6 Å². The average molecular weight is 285 g/mol. The number of nitrogens with zero attached hydrogens (tertiary/aromatic N) is 3. The lowest BCUT2D eigenvalue weighted by Crippen LogP contribution is -2.45. The summed E-state index contributed by atoms with van der Waals surface area (Å²) in [5, 5.41) is 4.67. The van der Waals surface area contributed by atoms with Crippen LogP contribution in [0.4, 0.5) is 5.82 Å². The van der Waals surface area contributed by atoms with Crippen LogP contribution in [0.5, 0.6) is 0 Å². The number of hydrogen-bond acceptors (Lipinski definition) is 4. The fraction of sp³-hybridized carbons (Fsp3) is 0.625. The Morgan fingerprint density at radius 2 is 2.14 bits per heavy atom. The summed E-state index contributed by atoms with van der Waals surface area (Å²) in [6.07, 6.45) is 8.86. The Kier molecular flexibility index (Phi) is 3.30. The van der Waals surface area contributed by atoms with E-state index in [1.165, 1.54) is 38.8 Å². The Hall–Kier alpha value is -1.62. The molecule has 0 bridgehead atoms. The van der Waals surface area contributed by atoms with Crippen LogP contribution in [-0.4, -0.2) is 41.1 Å². The normalized spacial score (nSPS) is 29.3. The topological polar surface area (TPSA) is 56.8 Å². The molecule has 3 unspecified atom stereocenters. The number of fused-ring (bicyclic) bond motifs is 2. The minimum Gasteiger partial charge on any atom is -0.356 e. The maximum atomic E-state index is 4.54. The molecule has 2 aromatic heterocycles. The molecule has 0 radical (unpaired) electrons. The summed E-state index contributed by atoms with van der Waals surface area (Å²) in [6, 6.07) is 2.69. The van der Waals surface area contributed by atoms with E-state index in [-0.39, 0.29) is 0 Å². The number of anilines is 1. The summed E-state index contributed by atoms with van der Waals surface area (Å²) >= 11 is 0. The maximum absolute atomic E-state index is 4.54. The molecule has 0 spiro atoms. The van der Waals surface area contributed by atoms with Crippen LogP contribution in [0.2, 0.25) is 0 Å². The maximum Gasteiger partial charge on any atom is 0.142 e. The molecule has 1 aliphatic carbocycles. The highest BCUT2D eigenvalue weighted by molar-refractivity contribution is 5.87. The van der Waals surface area contributed by atoms with E-state index in [1.807, 2.05) is 6.20 Å². The molecular formula is C16H23N5. The Morgan fingerprint density at radius 1 is 1.19 bits per heavy atom. The highest BCUT2D eigenvalue weighted by atomic mass is 15.2. The van der Waals surface area contributed by atoms with E-state index in [0.717, 1.165) is 28.7 Å². The third-order valence-corrected chi connectivity index (χ3v) is 5.43. The number of H-pyrrole nitrogens is 1. The van der Waals surface area contributed by atoms with E-state index < -0.39 is 0 Å². The predicted molar refractivity (Wildman–Crippen MR) is 84.4 cm³/mol. The second kappa shape index (κ2) is 5.30. The zero-order valence-corrected chi connectivity index (χ0v) is 12.5. The molecule has 2 aliphatic rings. The molecule has 21 heavy (non-hydrogen) atoms. The quantitative estimate of drug-likeness (QED) is 0.888. The van der Waals surface area contributed by atoms with Gasteiger partial charge in [0.2, 0.25) is 0 Å². The second-order valence-electron chi connectivity index (χ2n) is 6.53. The lowest BCUT2D eigenvalue weighted by atomic mass is 9.73. The molecule has 112 valence electrons. The third-order valence-electron chi connectivity index (χ3n) is 5.43. The van der Waals surface area contributed by atoms with Crippen molar-refractivity contribution >= 4 is 16.9 Å². The highest BCUT2D eigenvalue weighted by Gasteiger charge is 2.34. The van der Waals surface area contributed by atoms with Gasteiger partial charge in [0.05, 0.1) is 5.39 Å². The van der Waals surface area contributed by atoms with Gasteiger partial charge in [-0.15, -0.1) is 0 Å². The van der Waals surface area contributed by atoms with Crippen LogP contribution in [0.15, 0.2) is 18.6 Å². The highest BCUT2D eigenvalue weighted by Crippen LogP contribution is 2.37. The SMILES string of the molecule is CN(c1ncnc2[nH]ccc12)C1CCC2CNCCC2C1. The fourth-order valence-corrected chi connectivity index (χ4v) is 4.16. The molecule has 4 rings (SSSR count). The monoisotopic (exact) mass is 285 g/mol. The summed E-state index contributed by atoms with van der Waals surface area (Å²) in [5.41, 5.74) is 0.933. The third kappa shape index (κ3) is 2.29. The first-order chi connectivity index (χ1) is 10.3. The number of rotatable bonds is 2. The van der Waals surface area contributed by atoms with Crippen molar-refractivity contribution in [3.63, 3.8) is 0 Å². The van der Waals surface area contributed by atoms with Crippen molar-refractivity contribution in [3.8, 4) is 0 Å². The van der Waals surface area contributed by atoms with Crippen molar-refractivity contribution in [1.29, 1.82) is 0 Å². The van der Waals surface area contributed by atoms with Gasteiger partial charge >= 0.3 is 0 Å². The van der Waals surface area contributed by atoms with Gasteiger partial charge in [-0.05, 0) is 56.7 Å². The summed E-state index contributed by atoms with van der Waals surface area (Å²) in [7, 11) is 2.20. The number of aromatic nitrogens is 3. The molecule has 0 aromatic carbocycles. The van der Waals surface area contributed by atoms with Gasteiger partial charge in [-0.2, -0.15) is 0 Å². The zero-order valence-electron chi connectivity index (χ0n) is 12.5. The molecule has 3 atom stereocenters. The first kappa shape index (κ1) is 13.1. The first-order valence-electron chi connectivity index (χ1n) is 8.04. The van der Waals surface area contributed by atoms with Gasteiger partial charge in [0.1, 0.15) is 17.8 Å². The van der Waals surface area contributed by atoms with Gasteiger partial charge in [-0.1, -0.05) is 0 Å². The van der Waals surface area contributed by atoms with Crippen molar-refractivity contribution in [2.45, 2.75) is 31.7 Å². The molecule has 1 saturated carbocycles. The molecule has 1 saturated heterocycles. The van der Waals surface area contributed by atoms with Gasteiger partial charge in [-0.3, -0.25) is 0 Å². The van der Waals surface area contributed by atoms with Crippen molar-refractivity contribution < 1.29 is 0 Å². The van der Waals surface area contributed by atoms with Crippen molar-refractivity contribution in [2.24, 2.45) is 11.8 Å². The summed E-state index contributed by atoms with van der Waals surface area (Å²) in [5.74, 6) is 2.84. The van der Waals surface area contributed by atoms with E-state index in [2.05, 4.69) is 38.3 Å². The molecule has 5 nitrogen and oxygen atoms in total. The largest absolute Gasteiger partial charge is 0.356 e. The van der Waals surface area contributed by atoms with E-state index in [4.69, 9.17) is 0 Å². The number of piperidine rings is 1. The van der Waals surface area contributed by atoms with Crippen LogP contribution in [0.1, 0.15) is 25.7 Å². The van der Waals surface area contributed by atoms with Crippen LogP contribution in [0.25, 0.3) is 11.0 Å². The number of hydrogen-bond donors (Lipinski definition) is 2. The standard InChI is InChI=1S/C16H23N5/c1-21(16-14-5-7-18-15(14)19-10-20-16)13-3-2-12-9-17-6-4-11(12)8-13/h5,7,10-13,17H,2-4,6,8-9H2,1H3,(H,18,19,20). The van der Waals surface area contributed by atoms with Crippen molar-refractivity contribution in [2.75, 3.05) is 25.0 Å². The summed E-state index contributed by atoms with van der Waals surface area (Å²) in [4.78, 5) is 14.4.